The van der Waals surface area contributed by atoms with Crippen LogP contribution in [0.15, 0.2) is 18.3 Å². The van der Waals surface area contributed by atoms with Gasteiger partial charge in [-0.3, -0.25) is 5.32 Å². The number of rotatable bonds is 2. The lowest BCUT2D eigenvalue weighted by Crippen LogP contribution is -2.20. The summed E-state index contributed by atoms with van der Waals surface area (Å²) in [6.45, 7) is 0. The molecule has 1 aromatic rings. The largest absolute Gasteiger partial charge is 0.465 e. The molecule has 0 aliphatic heterocycles. The van der Waals surface area contributed by atoms with Crippen LogP contribution in [0.4, 0.5) is 10.6 Å². The Labute approximate surface area is 80.1 Å². The van der Waals surface area contributed by atoms with Gasteiger partial charge in [-0.15, -0.1) is 0 Å². The Morgan fingerprint density at radius 2 is 2.21 bits per heavy atom. The van der Waals surface area contributed by atoms with Gasteiger partial charge in [-0.2, -0.15) is 0 Å². The van der Waals surface area contributed by atoms with Gasteiger partial charge in [0.2, 0.25) is 0 Å². The Morgan fingerprint density at radius 1 is 1.50 bits per heavy atom. The number of aromatic nitrogens is 1. The molecule has 1 aromatic heterocycles. The summed E-state index contributed by atoms with van der Waals surface area (Å²) >= 11 is 0. The number of anilines is 1. The zero-order chi connectivity index (χ0) is 10.6. The number of hydrogen-bond acceptors (Lipinski definition) is 4. The molecule has 0 spiro atoms. The molecule has 0 saturated heterocycles. The summed E-state index contributed by atoms with van der Waals surface area (Å²) in [4.78, 5) is 25.2. The summed E-state index contributed by atoms with van der Waals surface area (Å²) in [6.07, 6.45) is 1.29. The Bertz CT molecular complexity index is 347. The van der Waals surface area contributed by atoms with E-state index < -0.39 is 12.0 Å². The number of nitrogens with two attached hydrogens (primary N) is 1. The summed E-state index contributed by atoms with van der Waals surface area (Å²) < 4.78 is 4.47. The highest BCUT2D eigenvalue weighted by Crippen LogP contribution is 2.05. The van der Waals surface area contributed by atoms with Crippen molar-refractivity contribution in [3.63, 3.8) is 0 Å². The zero-order valence-corrected chi connectivity index (χ0v) is 7.48. The second-order valence-electron chi connectivity index (χ2n) is 2.41. The van der Waals surface area contributed by atoms with E-state index >= 15 is 0 Å². The molecule has 1 heterocycles. The number of esters is 1. The molecule has 0 unspecified atom stereocenters. The smallest absolute Gasteiger partial charge is 0.339 e. The van der Waals surface area contributed by atoms with Crippen LogP contribution < -0.4 is 11.1 Å². The second-order valence-corrected chi connectivity index (χ2v) is 2.41. The van der Waals surface area contributed by atoms with Crippen molar-refractivity contribution in [2.24, 2.45) is 5.73 Å². The number of urea groups is 1. The van der Waals surface area contributed by atoms with Crippen LogP contribution in [0.25, 0.3) is 0 Å². The number of pyridine rings is 1. The average Bonchev–Trinajstić information content (AvgIpc) is 2.17. The second kappa shape index (κ2) is 4.22. The number of methoxy groups -OCH3 is 1. The van der Waals surface area contributed by atoms with Crippen molar-refractivity contribution in [2.75, 3.05) is 12.4 Å². The number of hydrogen-bond donors (Lipinski definition) is 2. The molecular formula is C8H9N3O3. The van der Waals surface area contributed by atoms with Gasteiger partial charge in [0.05, 0.1) is 12.7 Å². The predicted molar refractivity (Wildman–Crippen MR) is 48.8 cm³/mol. The highest BCUT2D eigenvalue weighted by Gasteiger charge is 2.05. The van der Waals surface area contributed by atoms with Crippen LogP contribution in [0.1, 0.15) is 10.4 Å². The van der Waals surface area contributed by atoms with Crippen molar-refractivity contribution in [1.29, 1.82) is 0 Å². The molecular weight excluding hydrogens is 186 g/mol. The van der Waals surface area contributed by atoms with Crippen molar-refractivity contribution in [2.45, 2.75) is 0 Å². The summed E-state index contributed by atoms with van der Waals surface area (Å²) in [5.74, 6) is -0.201. The summed E-state index contributed by atoms with van der Waals surface area (Å²) in [7, 11) is 1.28. The van der Waals surface area contributed by atoms with Crippen molar-refractivity contribution < 1.29 is 14.3 Å². The van der Waals surface area contributed by atoms with Gasteiger partial charge in [-0.1, -0.05) is 0 Å². The molecule has 0 aliphatic carbocycles. The zero-order valence-electron chi connectivity index (χ0n) is 7.48. The van der Waals surface area contributed by atoms with Crippen LogP contribution in [0.2, 0.25) is 0 Å². The maximum atomic E-state index is 11.0. The molecule has 6 nitrogen and oxygen atoms in total. The van der Waals surface area contributed by atoms with Gasteiger partial charge in [-0.05, 0) is 12.1 Å². The van der Waals surface area contributed by atoms with Crippen LogP contribution >= 0.6 is 0 Å². The van der Waals surface area contributed by atoms with Gasteiger partial charge in [-0.25, -0.2) is 14.6 Å². The number of nitrogens with one attached hydrogen (secondary N) is 1. The maximum Gasteiger partial charge on any atom is 0.339 e. The molecule has 0 radical (unpaired) electrons. The highest BCUT2D eigenvalue weighted by molar-refractivity contribution is 5.90. The number of nitrogens with zero attached hydrogens (tertiary/aromatic N) is 1. The number of amides is 2. The Kier molecular flexibility index (Phi) is 3.01. The van der Waals surface area contributed by atoms with Crippen LogP contribution in [-0.4, -0.2) is 24.1 Å². The lowest BCUT2D eigenvalue weighted by molar-refractivity contribution is 0.0600. The first kappa shape index (κ1) is 9.97. The molecule has 0 fully saturated rings. The highest BCUT2D eigenvalue weighted by atomic mass is 16.5. The first-order valence-corrected chi connectivity index (χ1v) is 3.74. The van der Waals surface area contributed by atoms with E-state index in [0.29, 0.717) is 5.56 Å². The number of ether oxygens (including phenoxy) is 1. The predicted octanol–water partition coefficient (Wildman–Crippen LogP) is 0.359. The molecule has 2 amide bonds. The topological polar surface area (TPSA) is 94.3 Å². The van der Waals surface area contributed by atoms with Crippen LogP contribution in [0.5, 0.6) is 0 Å². The fourth-order valence-electron chi connectivity index (χ4n) is 0.833. The fourth-order valence-corrected chi connectivity index (χ4v) is 0.833. The lowest BCUT2D eigenvalue weighted by atomic mass is 10.3. The SMILES string of the molecule is COC(=O)c1ccc(NC(N)=O)nc1. The minimum Gasteiger partial charge on any atom is -0.465 e. The fraction of sp³-hybridized carbons (Fsp3) is 0.125. The van der Waals surface area contributed by atoms with Crippen molar-refractivity contribution >= 4 is 17.8 Å². The van der Waals surface area contributed by atoms with Crippen molar-refractivity contribution in [3.8, 4) is 0 Å². The third kappa shape index (κ3) is 2.44. The molecule has 0 saturated carbocycles. The Hall–Kier alpha value is -2.11. The molecule has 1 rings (SSSR count). The standard InChI is InChI=1S/C8H9N3O3/c1-14-7(12)5-2-3-6(10-4-5)11-8(9)13/h2-4H,1H3,(H3,9,10,11,13). The third-order valence-electron chi connectivity index (χ3n) is 1.44. The van der Waals surface area contributed by atoms with E-state index in [-0.39, 0.29) is 5.82 Å². The summed E-state index contributed by atoms with van der Waals surface area (Å²) in [5.41, 5.74) is 5.17. The van der Waals surface area contributed by atoms with Crippen LogP contribution in [0.3, 0.4) is 0 Å². The van der Waals surface area contributed by atoms with E-state index in [1.54, 1.807) is 0 Å². The van der Waals surface area contributed by atoms with Crippen molar-refractivity contribution in [1.82, 2.24) is 4.98 Å². The molecule has 0 bridgehead atoms. The van der Waals surface area contributed by atoms with Gasteiger partial charge in [0.1, 0.15) is 5.82 Å². The first-order chi connectivity index (χ1) is 6.63. The molecule has 0 aliphatic rings. The molecule has 74 valence electrons. The molecule has 0 atom stereocenters. The van der Waals surface area contributed by atoms with Gasteiger partial charge in [0, 0.05) is 6.20 Å². The van der Waals surface area contributed by atoms with Gasteiger partial charge < -0.3 is 10.5 Å². The minimum absolute atomic E-state index is 0.283. The van der Waals surface area contributed by atoms with E-state index in [0.717, 1.165) is 0 Å². The maximum absolute atomic E-state index is 11.0. The third-order valence-corrected chi connectivity index (χ3v) is 1.44. The summed E-state index contributed by atoms with van der Waals surface area (Å²) in [5, 5.41) is 2.26. The van der Waals surface area contributed by atoms with Crippen molar-refractivity contribution in [3.05, 3.63) is 23.9 Å². The molecule has 3 N–H and O–H groups in total. The summed E-state index contributed by atoms with van der Waals surface area (Å²) in [6, 6.07) is 2.23. The van der Waals surface area contributed by atoms with E-state index in [2.05, 4.69) is 15.0 Å². The Morgan fingerprint density at radius 3 is 2.64 bits per heavy atom. The van der Waals surface area contributed by atoms with Gasteiger partial charge in [0.15, 0.2) is 0 Å². The number of primary amides is 1. The monoisotopic (exact) mass is 195 g/mol. The number of carbonyl (C=O) groups is 2. The van der Waals surface area contributed by atoms with Crippen LogP contribution in [0, 0.1) is 0 Å². The minimum atomic E-state index is -0.705. The quantitative estimate of drug-likeness (QED) is 0.666. The van der Waals surface area contributed by atoms with Gasteiger partial charge in [0.25, 0.3) is 0 Å². The first-order valence-electron chi connectivity index (χ1n) is 3.74. The van der Waals surface area contributed by atoms with E-state index in [1.165, 1.54) is 25.4 Å². The van der Waals surface area contributed by atoms with E-state index in [9.17, 15) is 9.59 Å². The average molecular weight is 195 g/mol. The van der Waals surface area contributed by atoms with Crippen LogP contribution in [-0.2, 0) is 4.74 Å². The lowest BCUT2D eigenvalue weighted by Gasteiger charge is -2.01. The normalized spacial score (nSPS) is 9.21. The van der Waals surface area contributed by atoms with E-state index in [4.69, 9.17) is 5.73 Å². The Balaban J connectivity index is 2.78. The van der Waals surface area contributed by atoms with Gasteiger partial charge >= 0.3 is 12.0 Å². The molecule has 0 aromatic carbocycles. The molecule has 14 heavy (non-hydrogen) atoms. The van der Waals surface area contributed by atoms with E-state index in [1.807, 2.05) is 0 Å². The molecule has 6 heteroatoms. The number of carbonyl (C=O) groups excluding carboxylic acids is 2.